The van der Waals surface area contributed by atoms with Gasteiger partial charge in [0.1, 0.15) is 5.82 Å². The summed E-state index contributed by atoms with van der Waals surface area (Å²) in [6.07, 6.45) is 14.1. The number of para-hydroxylation sites is 1. The third-order valence-corrected chi connectivity index (χ3v) is 9.42. The summed E-state index contributed by atoms with van der Waals surface area (Å²) < 4.78 is 21.4. The molecule has 0 N–H and O–H groups in total. The number of hydrogen-bond donors (Lipinski definition) is 0. The largest absolute Gasteiger partial charge is 0.508 e. The van der Waals surface area contributed by atoms with Crippen LogP contribution in [0.3, 0.4) is 0 Å². The fraction of sp³-hybridized carbons (Fsp3) is 0.295. The van der Waals surface area contributed by atoms with Gasteiger partial charge in [0, 0.05) is 58.0 Å². The number of benzene rings is 3. The molecule has 0 spiro atoms. The molecule has 7 rings (SSSR count). The molecule has 0 unspecified atom stereocenters. The number of ether oxygens (including phenoxy) is 1. The third kappa shape index (κ3) is 7.30. The Morgan fingerprint density at radius 2 is 1.57 bits per heavy atom. The van der Waals surface area contributed by atoms with Gasteiger partial charge in [-0.1, -0.05) is 91.4 Å². The second-order valence-electron chi connectivity index (χ2n) is 14.9. The van der Waals surface area contributed by atoms with Gasteiger partial charge in [-0.3, -0.25) is 4.57 Å². The number of rotatable bonds is 8. The number of fused-ring (bicyclic) bond motifs is 3. The summed E-state index contributed by atoms with van der Waals surface area (Å²) in [7, 11) is 0. The molecule has 0 aliphatic carbocycles. The van der Waals surface area contributed by atoms with Crippen LogP contribution in [0.4, 0.5) is 0 Å². The van der Waals surface area contributed by atoms with E-state index in [0.717, 1.165) is 51.7 Å². The van der Waals surface area contributed by atoms with Gasteiger partial charge in [0.15, 0.2) is 0 Å². The molecule has 4 aromatic heterocycles. The summed E-state index contributed by atoms with van der Waals surface area (Å²) in [6.45, 7) is 17.6. The van der Waals surface area contributed by atoms with E-state index in [0.29, 0.717) is 17.2 Å². The Hall–Kier alpha value is -4.54. The van der Waals surface area contributed by atoms with E-state index in [1.807, 2.05) is 51.9 Å². The zero-order valence-corrected chi connectivity index (χ0v) is 32.9. The Morgan fingerprint density at radius 1 is 0.843 bits per heavy atom. The first-order valence-electron chi connectivity index (χ1n) is 17.9. The molecule has 0 amide bonds. The van der Waals surface area contributed by atoms with Crippen LogP contribution in [0.1, 0.15) is 92.2 Å². The predicted octanol–water partition coefficient (Wildman–Crippen LogP) is 10.3. The molecule has 0 atom stereocenters. The van der Waals surface area contributed by atoms with Crippen LogP contribution < -0.4 is 9.30 Å². The van der Waals surface area contributed by atoms with Crippen molar-refractivity contribution in [3.8, 4) is 28.7 Å². The van der Waals surface area contributed by atoms with E-state index in [-0.39, 0.29) is 31.9 Å². The number of hydrogen-bond acceptors (Lipinski definition) is 3. The van der Waals surface area contributed by atoms with Crippen molar-refractivity contribution in [2.24, 2.45) is 0 Å². The molecule has 0 aliphatic heterocycles. The minimum absolute atomic E-state index is 0. The van der Waals surface area contributed by atoms with Crippen molar-refractivity contribution in [1.29, 1.82) is 0 Å². The summed E-state index contributed by atoms with van der Waals surface area (Å²) in [5.74, 6) is 1.08. The van der Waals surface area contributed by atoms with Gasteiger partial charge in [-0.05, 0) is 93.9 Å². The van der Waals surface area contributed by atoms with Crippen molar-refractivity contribution in [2.45, 2.75) is 85.0 Å². The van der Waals surface area contributed by atoms with Crippen LogP contribution in [0.5, 0.6) is 11.5 Å². The number of imidazole rings is 1. The van der Waals surface area contributed by atoms with E-state index >= 15 is 0 Å². The van der Waals surface area contributed by atoms with Crippen molar-refractivity contribution < 1.29 is 31.7 Å². The third-order valence-electron chi connectivity index (χ3n) is 9.42. The van der Waals surface area contributed by atoms with Crippen LogP contribution in [0.2, 0.25) is 0 Å². The molecular weight excluding hydrogens is 810 g/mol. The van der Waals surface area contributed by atoms with Crippen LogP contribution >= 0.6 is 0 Å². The number of nitrogens with zero attached hydrogens (tertiary/aromatic N) is 5. The molecule has 51 heavy (non-hydrogen) atoms. The first-order valence-corrected chi connectivity index (χ1v) is 17.4. The number of pyridine rings is 2. The van der Waals surface area contributed by atoms with Crippen LogP contribution in [0, 0.1) is 18.5 Å². The average molecular weight is 856 g/mol. The van der Waals surface area contributed by atoms with Gasteiger partial charge in [-0.15, -0.1) is 23.6 Å². The Kier molecular flexibility index (Phi) is 9.73. The second-order valence-corrected chi connectivity index (χ2v) is 14.9. The quantitative estimate of drug-likeness (QED) is 0.113. The van der Waals surface area contributed by atoms with Gasteiger partial charge in [-0.25, -0.2) is 4.98 Å². The Morgan fingerprint density at radius 3 is 2.27 bits per heavy atom. The molecule has 0 fully saturated rings. The van der Waals surface area contributed by atoms with Gasteiger partial charge in [0.25, 0.3) is 6.33 Å². The predicted molar refractivity (Wildman–Crippen MR) is 201 cm³/mol. The van der Waals surface area contributed by atoms with Gasteiger partial charge in [0.2, 0.25) is 0 Å². The van der Waals surface area contributed by atoms with Crippen molar-refractivity contribution in [3.63, 3.8) is 0 Å². The smallest absolute Gasteiger partial charge is 0.267 e. The molecule has 0 aliphatic rings. The maximum absolute atomic E-state index is 9.07. The summed E-state index contributed by atoms with van der Waals surface area (Å²) in [5.41, 5.74) is 7.16. The first-order chi connectivity index (χ1) is 24.3. The van der Waals surface area contributed by atoms with Gasteiger partial charge >= 0.3 is 0 Å². The van der Waals surface area contributed by atoms with E-state index in [2.05, 4.69) is 120 Å². The SMILES string of the molecule is [2H]C(CC)(CC)c1ccnc(-n2c3[c-]c(Oc4[c-]c(-n5[c-][n+](-c6cc(C(C)(C)C)cc(C(C)(C)C)c6)cc5)cnc4)ccc3c3ccccc32)c1.[Pt]. The monoisotopic (exact) mass is 855 g/mol. The molecule has 3 aromatic carbocycles. The molecule has 7 heteroatoms. The molecule has 0 radical (unpaired) electrons. The Bertz CT molecular complexity index is 2340. The molecule has 4 heterocycles. The fourth-order valence-electron chi connectivity index (χ4n) is 6.46. The minimum Gasteiger partial charge on any atom is -0.508 e. The zero-order valence-electron chi connectivity index (χ0n) is 31.6. The van der Waals surface area contributed by atoms with Gasteiger partial charge in [0.05, 0.1) is 5.69 Å². The maximum atomic E-state index is 9.07. The van der Waals surface area contributed by atoms with Crippen molar-refractivity contribution in [3.05, 3.63) is 133 Å². The first kappa shape index (κ1) is 34.9. The van der Waals surface area contributed by atoms with Gasteiger partial charge in [-0.2, -0.15) is 6.07 Å². The Labute approximate surface area is 317 Å². The summed E-state index contributed by atoms with van der Waals surface area (Å²) in [5, 5.41) is 2.14. The molecule has 0 saturated heterocycles. The average Bonchev–Trinajstić information content (AvgIpc) is 3.74. The van der Waals surface area contributed by atoms with Crippen molar-refractivity contribution in [1.82, 2.24) is 19.1 Å². The van der Waals surface area contributed by atoms with E-state index in [1.54, 1.807) is 18.6 Å². The van der Waals surface area contributed by atoms with Crippen molar-refractivity contribution in [2.75, 3.05) is 0 Å². The molecular formula is C44H45N5OPt-2. The Balaban J connectivity index is 0.00000464. The second kappa shape index (κ2) is 14.2. The molecule has 0 saturated carbocycles. The van der Waals surface area contributed by atoms with Crippen LogP contribution in [0.25, 0.3) is 39.0 Å². The van der Waals surface area contributed by atoms with Crippen LogP contribution in [-0.4, -0.2) is 19.1 Å². The van der Waals surface area contributed by atoms with E-state index in [9.17, 15) is 0 Å². The molecule has 6 nitrogen and oxygen atoms in total. The standard InChI is InChI=1S/C44H45N5O.Pt/c1-9-30(10-2)31-17-18-46-42(21-31)49-40-14-12-11-13-38(40)39-16-15-36(26-41(39)49)50-37-25-35(27-45-28-37)48-20-19-47(29-48)34-23-32(43(3,4)5)22-33(24-34)44(6,7)8;/h11-24,27-28,30H,9-10H2,1-8H3;/q-2;/i30D;. The maximum Gasteiger partial charge on any atom is 0.267 e. The summed E-state index contributed by atoms with van der Waals surface area (Å²) >= 11 is 0. The summed E-state index contributed by atoms with van der Waals surface area (Å²) in [4.78, 5) is 9.26. The minimum atomic E-state index is -0.676. The van der Waals surface area contributed by atoms with E-state index in [4.69, 9.17) is 11.1 Å². The van der Waals surface area contributed by atoms with Crippen LogP contribution in [-0.2, 0) is 31.9 Å². The number of aromatic nitrogens is 5. The zero-order chi connectivity index (χ0) is 36.1. The van der Waals surface area contributed by atoms with E-state index < -0.39 is 5.89 Å². The van der Waals surface area contributed by atoms with Gasteiger partial charge < -0.3 is 18.9 Å². The molecule has 7 aromatic rings. The molecule has 0 bridgehead atoms. The normalized spacial score (nSPS) is 12.6. The topological polar surface area (TPSA) is 48.8 Å². The van der Waals surface area contributed by atoms with Crippen molar-refractivity contribution >= 4 is 21.8 Å². The fourth-order valence-corrected chi connectivity index (χ4v) is 6.46. The van der Waals surface area contributed by atoms with Crippen LogP contribution in [0.15, 0.2) is 97.7 Å². The summed E-state index contributed by atoms with van der Waals surface area (Å²) in [6, 6.07) is 30.0. The molecule has 264 valence electrons. The van der Waals surface area contributed by atoms with E-state index in [1.165, 1.54) is 11.1 Å².